The molecule has 8 heteroatoms. The third-order valence-electron chi connectivity index (χ3n) is 6.66. The second kappa shape index (κ2) is 10.3. The second-order valence-corrected chi connectivity index (χ2v) is 9.31. The zero-order valence-corrected chi connectivity index (χ0v) is 20.1. The SMILES string of the molecule is Cc1ccc(C(=O)N2CCN(C(=O)c3cc(C)cc(CN4CCN(C(=N)N)CC4)c3)CC2)cc1. The third-order valence-corrected chi connectivity index (χ3v) is 6.66. The Bertz CT molecular complexity index is 1050. The van der Waals surface area contributed by atoms with E-state index in [0.29, 0.717) is 37.3 Å². The van der Waals surface area contributed by atoms with Crippen LogP contribution in [0, 0.1) is 19.3 Å². The van der Waals surface area contributed by atoms with Crippen molar-refractivity contribution < 1.29 is 9.59 Å². The van der Waals surface area contributed by atoms with Crippen LogP contribution in [0.5, 0.6) is 0 Å². The molecule has 0 saturated carbocycles. The number of aryl methyl sites for hydroxylation is 2. The molecule has 4 rings (SSSR count). The lowest BCUT2D eigenvalue weighted by Gasteiger charge is -2.35. The summed E-state index contributed by atoms with van der Waals surface area (Å²) in [7, 11) is 0. The van der Waals surface area contributed by atoms with Crippen molar-refractivity contribution in [2.75, 3.05) is 52.4 Å². The van der Waals surface area contributed by atoms with Crippen molar-refractivity contribution in [2.24, 2.45) is 5.73 Å². The molecular weight excluding hydrogens is 428 g/mol. The molecule has 2 aliphatic rings. The fourth-order valence-electron chi connectivity index (χ4n) is 4.66. The molecule has 2 aliphatic heterocycles. The van der Waals surface area contributed by atoms with Gasteiger partial charge in [-0.05, 0) is 43.7 Å². The van der Waals surface area contributed by atoms with E-state index in [9.17, 15) is 9.59 Å². The largest absolute Gasteiger partial charge is 0.370 e. The average Bonchev–Trinajstić information content (AvgIpc) is 2.84. The molecule has 0 radical (unpaired) electrons. The molecule has 2 aromatic rings. The molecule has 0 spiro atoms. The van der Waals surface area contributed by atoms with Gasteiger partial charge >= 0.3 is 0 Å². The number of amides is 2. The van der Waals surface area contributed by atoms with Gasteiger partial charge in [-0.1, -0.05) is 29.3 Å². The summed E-state index contributed by atoms with van der Waals surface area (Å²) >= 11 is 0. The molecule has 3 N–H and O–H groups in total. The van der Waals surface area contributed by atoms with Crippen LogP contribution in [0.4, 0.5) is 0 Å². The third kappa shape index (κ3) is 5.56. The van der Waals surface area contributed by atoms with Crippen LogP contribution in [-0.4, -0.2) is 89.7 Å². The van der Waals surface area contributed by atoms with Gasteiger partial charge in [0.05, 0.1) is 0 Å². The van der Waals surface area contributed by atoms with Crippen LogP contribution < -0.4 is 5.73 Å². The normalized spacial score (nSPS) is 17.1. The van der Waals surface area contributed by atoms with E-state index in [2.05, 4.69) is 11.0 Å². The summed E-state index contributed by atoms with van der Waals surface area (Å²) in [6.07, 6.45) is 0. The number of nitrogens with two attached hydrogens (primary N) is 1. The fraction of sp³-hybridized carbons (Fsp3) is 0.423. The van der Waals surface area contributed by atoms with Crippen molar-refractivity contribution in [3.05, 3.63) is 70.3 Å². The van der Waals surface area contributed by atoms with E-state index < -0.39 is 0 Å². The summed E-state index contributed by atoms with van der Waals surface area (Å²) < 4.78 is 0. The van der Waals surface area contributed by atoms with Crippen LogP contribution >= 0.6 is 0 Å². The Morgan fingerprint density at radius 3 is 1.82 bits per heavy atom. The number of carbonyl (C=O) groups is 2. The van der Waals surface area contributed by atoms with E-state index in [1.807, 2.05) is 64.9 Å². The molecule has 180 valence electrons. The highest BCUT2D eigenvalue weighted by Gasteiger charge is 2.26. The Morgan fingerprint density at radius 2 is 1.26 bits per heavy atom. The topological polar surface area (TPSA) is 97.0 Å². The van der Waals surface area contributed by atoms with Crippen molar-refractivity contribution in [3.8, 4) is 0 Å². The van der Waals surface area contributed by atoms with Gasteiger partial charge in [-0.2, -0.15) is 0 Å². The number of hydrogen-bond acceptors (Lipinski definition) is 4. The van der Waals surface area contributed by atoms with Crippen molar-refractivity contribution >= 4 is 17.8 Å². The highest BCUT2D eigenvalue weighted by atomic mass is 16.2. The van der Waals surface area contributed by atoms with Gasteiger partial charge < -0.3 is 20.4 Å². The highest BCUT2D eigenvalue weighted by Crippen LogP contribution is 2.17. The molecular formula is C26H34N6O2. The van der Waals surface area contributed by atoms with Gasteiger partial charge in [0.2, 0.25) is 0 Å². The minimum atomic E-state index is 0.0220. The first-order valence-electron chi connectivity index (χ1n) is 11.9. The maximum atomic E-state index is 13.3. The van der Waals surface area contributed by atoms with Crippen molar-refractivity contribution in [1.82, 2.24) is 19.6 Å². The van der Waals surface area contributed by atoms with Gasteiger partial charge in [0.1, 0.15) is 0 Å². The zero-order valence-electron chi connectivity index (χ0n) is 20.1. The Balaban J connectivity index is 1.35. The Labute approximate surface area is 201 Å². The molecule has 2 amide bonds. The quantitative estimate of drug-likeness (QED) is 0.535. The van der Waals surface area contributed by atoms with Gasteiger partial charge in [-0.3, -0.25) is 19.9 Å². The van der Waals surface area contributed by atoms with E-state index >= 15 is 0 Å². The lowest BCUT2D eigenvalue weighted by atomic mass is 10.0. The van der Waals surface area contributed by atoms with E-state index in [1.54, 1.807) is 0 Å². The summed E-state index contributed by atoms with van der Waals surface area (Å²) in [5, 5.41) is 7.59. The van der Waals surface area contributed by atoms with E-state index in [-0.39, 0.29) is 17.8 Å². The van der Waals surface area contributed by atoms with Crippen LogP contribution in [0.2, 0.25) is 0 Å². The molecule has 0 bridgehead atoms. The van der Waals surface area contributed by atoms with Gasteiger partial charge in [-0.15, -0.1) is 0 Å². The molecule has 2 fully saturated rings. The number of rotatable bonds is 4. The number of hydrogen-bond donors (Lipinski definition) is 2. The molecule has 2 saturated heterocycles. The van der Waals surface area contributed by atoms with Gasteiger partial charge in [0.25, 0.3) is 11.8 Å². The molecule has 0 aliphatic carbocycles. The molecule has 0 aromatic heterocycles. The van der Waals surface area contributed by atoms with Crippen LogP contribution in [0.3, 0.4) is 0 Å². The number of nitrogens with one attached hydrogen (secondary N) is 1. The predicted molar refractivity (Wildman–Crippen MR) is 133 cm³/mol. The molecule has 2 aromatic carbocycles. The minimum Gasteiger partial charge on any atom is -0.370 e. The summed E-state index contributed by atoms with van der Waals surface area (Å²) in [6, 6.07) is 13.7. The van der Waals surface area contributed by atoms with Crippen molar-refractivity contribution in [3.63, 3.8) is 0 Å². The van der Waals surface area contributed by atoms with Crippen molar-refractivity contribution in [1.29, 1.82) is 5.41 Å². The van der Waals surface area contributed by atoms with E-state index in [1.165, 1.54) is 0 Å². The maximum Gasteiger partial charge on any atom is 0.253 e. The van der Waals surface area contributed by atoms with E-state index in [4.69, 9.17) is 11.1 Å². The fourth-order valence-corrected chi connectivity index (χ4v) is 4.66. The monoisotopic (exact) mass is 462 g/mol. The minimum absolute atomic E-state index is 0.0220. The molecule has 2 heterocycles. The first kappa shape index (κ1) is 23.8. The summed E-state index contributed by atoms with van der Waals surface area (Å²) in [4.78, 5) is 33.9. The number of benzene rings is 2. The number of nitrogens with zero attached hydrogens (tertiary/aromatic N) is 4. The molecule has 0 unspecified atom stereocenters. The van der Waals surface area contributed by atoms with Crippen LogP contribution in [-0.2, 0) is 6.54 Å². The zero-order chi connectivity index (χ0) is 24.2. The summed E-state index contributed by atoms with van der Waals surface area (Å²) in [5.41, 5.74) is 10.3. The van der Waals surface area contributed by atoms with Crippen LogP contribution in [0.1, 0.15) is 37.4 Å². The smallest absolute Gasteiger partial charge is 0.253 e. The molecule has 8 nitrogen and oxygen atoms in total. The van der Waals surface area contributed by atoms with Crippen molar-refractivity contribution in [2.45, 2.75) is 20.4 Å². The van der Waals surface area contributed by atoms with Gasteiger partial charge in [0.15, 0.2) is 5.96 Å². The van der Waals surface area contributed by atoms with Crippen LogP contribution in [0.25, 0.3) is 0 Å². The number of guanidine groups is 1. The first-order chi connectivity index (χ1) is 16.3. The number of piperazine rings is 2. The Kier molecular flexibility index (Phi) is 7.17. The van der Waals surface area contributed by atoms with Gasteiger partial charge in [-0.25, -0.2) is 0 Å². The lowest BCUT2D eigenvalue weighted by Crippen LogP contribution is -2.50. The maximum absolute atomic E-state index is 13.3. The lowest BCUT2D eigenvalue weighted by molar-refractivity contribution is 0.0535. The van der Waals surface area contributed by atoms with Crippen LogP contribution in [0.15, 0.2) is 42.5 Å². The Morgan fingerprint density at radius 1 is 0.735 bits per heavy atom. The summed E-state index contributed by atoms with van der Waals surface area (Å²) in [5.74, 6) is 0.173. The predicted octanol–water partition coefficient (Wildman–Crippen LogP) is 1.91. The average molecular weight is 463 g/mol. The van der Waals surface area contributed by atoms with Gasteiger partial charge in [0, 0.05) is 70.0 Å². The van der Waals surface area contributed by atoms with E-state index in [0.717, 1.165) is 49.4 Å². The first-order valence-corrected chi connectivity index (χ1v) is 11.9. The Hall–Kier alpha value is -3.39. The highest BCUT2D eigenvalue weighted by molar-refractivity contribution is 5.96. The summed E-state index contributed by atoms with van der Waals surface area (Å²) in [6.45, 7) is 10.1. The second-order valence-electron chi connectivity index (χ2n) is 9.31. The molecule has 34 heavy (non-hydrogen) atoms. The molecule has 0 atom stereocenters. The number of carbonyl (C=O) groups excluding carboxylic acids is 2. The standard InChI is InChI=1S/C26H34N6O2/c1-19-3-5-22(6-4-19)24(33)30-11-13-31(14-12-30)25(34)23-16-20(2)15-21(17-23)18-29-7-9-32(10-8-29)26(27)28/h3-6,15-17H,7-14,18H2,1-2H3,(H3,27,28).